The predicted octanol–water partition coefficient (Wildman–Crippen LogP) is 3.62. The van der Waals surface area contributed by atoms with Crippen molar-refractivity contribution in [1.82, 2.24) is 3.89 Å². The van der Waals surface area contributed by atoms with Gasteiger partial charge in [-0.3, -0.25) is 4.79 Å². The Morgan fingerprint density at radius 2 is 1.75 bits per heavy atom. The van der Waals surface area contributed by atoms with Crippen LogP contribution in [-0.2, 0) is 10.3 Å². The molecule has 2 aromatic carbocycles. The van der Waals surface area contributed by atoms with E-state index in [0.29, 0.717) is 10.7 Å². The second-order valence-corrected chi connectivity index (χ2v) is 8.05. The first-order valence-electron chi connectivity index (χ1n) is 6.71. The lowest BCUT2D eigenvalue weighted by Gasteiger charge is -2.26. The molecule has 2 N–H and O–H groups in total. The molecular weight excluding hydrogens is 375 g/mol. The number of benzene rings is 2. The Balaban J connectivity index is 2.52. The molecule has 0 saturated heterocycles. The molecule has 128 valence electrons. The van der Waals surface area contributed by atoms with Crippen LogP contribution in [0.1, 0.15) is 10.4 Å². The van der Waals surface area contributed by atoms with E-state index in [1.165, 1.54) is 32.3 Å². The van der Waals surface area contributed by atoms with Crippen LogP contribution in [0.3, 0.4) is 0 Å². The van der Waals surface area contributed by atoms with Gasteiger partial charge in [-0.25, -0.2) is 4.55 Å². The van der Waals surface area contributed by atoms with Gasteiger partial charge in [0.1, 0.15) is 5.56 Å². The number of quaternary nitrogens is 1. The molecule has 0 bridgehead atoms. The van der Waals surface area contributed by atoms with Crippen molar-refractivity contribution in [3.8, 4) is 0 Å². The summed E-state index contributed by atoms with van der Waals surface area (Å²) in [6.07, 6.45) is 0. The summed E-state index contributed by atoms with van der Waals surface area (Å²) in [6, 6.07) is 10.8. The summed E-state index contributed by atoms with van der Waals surface area (Å²) in [7, 11) is -2.08. The van der Waals surface area contributed by atoms with E-state index in [1.54, 1.807) is 24.3 Å². The van der Waals surface area contributed by atoms with Crippen LogP contribution in [-0.4, -0.2) is 33.0 Å². The summed E-state index contributed by atoms with van der Waals surface area (Å²) in [6.45, 7) is 0. The summed E-state index contributed by atoms with van der Waals surface area (Å²) in [5, 5.41) is 3.18. The van der Waals surface area contributed by atoms with Gasteiger partial charge < -0.3 is 5.32 Å². The number of anilines is 1. The number of nitrogens with one attached hydrogen (secondary N) is 1. The number of carbonyl (C=O) groups is 1. The zero-order valence-electron chi connectivity index (χ0n) is 12.8. The molecule has 0 atom stereocenters. The molecule has 0 aromatic heterocycles. The van der Waals surface area contributed by atoms with Gasteiger partial charge in [-0.15, -0.1) is 8.42 Å². The van der Waals surface area contributed by atoms with E-state index in [9.17, 15) is 17.8 Å². The first kappa shape index (κ1) is 18.7. The van der Waals surface area contributed by atoms with Gasteiger partial charge in [-0.05, 0) is 24.3 Å². The standard InChI is InChI=1S/C15H14Cl2N2O4S/c1-19(2,24(21,22)23)14-9-10(16)7-8-11(14)15(20)18-13-6-4-3-5-12(13)17/h3-9H,1-2H3,(H-,18,20,21,22,23)/p+1. The molecular formula is C15H15Cl2N2O4S+. The topological polar surface area (TPSA) is 83.5 Å². The smallest absolute Gasteiger partial charge is 0.320 e. The van der Waals surface area contributed by atoms with Crippen LogP contribution in [0.25, 0.3) is 0 Å². The summed E-state index contributed by atoms with van der Waals surface area (Å²) >= 11 is 11.9. The lowest BCUT2D eigenvalue weighted by molar-refractivity contribution is 0.102. The molecule has 0 unspecified atom stereocenters. The molecule has 0 radical (unpaired) electrons. The van der Waals surface area contributed by atoms with E-state index in [4.69, 9.17) is 23.2 Å². The maximum Gasteiger partial charge on any atom is 0.437 e. The van der Waals surface area contributed by atoms with Crippen molar-refractivity contribution in [2.75, 3.05) is 19.4 Å². The third-order valence-corrected chi connectivity index (χ3v) is 5.40. The Hall–Kier alpha value is -1.64. The fourth-order valence-electron chi connectivity index (χ4n) is 2.02. The number of nitrogens with zero attached hydrogens (tertiary/aromatic N) is 1. The second-order valence-electron chi connectivity index (χ2n) is 5.39. The molecule has 2 aromatic rings. The van der Waals surface area contributed by atoms with E-state index in [2.05, 4.69) is 5.32 Å². The number of para-hydroxylation sites is 1. The highest BCUT2D eigenvalue weighted by Crippen LogP contribution is 2.31. The largest absolute Gasteiger partial charge is 0.437 e. The molecule has 24 heavy (non-hydrogen) atoms. The molecule has 6 nitrogen and oxygen atoms in total. The third-order valence-electron chi connectivity index (χ3n) is 3.48. The molecule has 1 amide bonds. The third kappa shape index (κ3) is 3.71. The van der Waals surface area contributed by atoms with Crippen LogP contribution in [0, 0.1) is 0 Å². The van der Waals surface area contributed by atoms with Crippen LogP contribution >= 0.6 is 23.2 Å². The van der Waals surface area contributed by atoms with Crippen LogP contribution in [0.15, 0.2) is 42.5 Å². The number of hydrogen-bond donors (Lipinski definition) is 2. The Labute approximate surface area is 150 Å². The minimum Gasteiger partial charge on any atom is -0.320 e. The molecule has 0 aliphatic carbocycles. The monoisotopic (exact) mass is 389 g/mol. The molecule has 0 fully saturated rings. The minimum absolute atomic E-state index is 0.0227. The van der Waals surface area contributed by atoms with Gasteiger partial charge in [0, 0.05) is 11.1 Å². The van der Waals surface area contributed by atoms with Crippen LogP contribution < -0.4 is 9.21 Å². The molecule has 0 heterocycles. The maximum absolute atomic E-state index is 12.6. The molecule has 0 aliphatic rings. The number of hydrogen-bond acceptors (Lipinski definition) is 3. The van der Waals surface area contributed by atoms with Gasteiger partial charge in [-0.1, -0.05) is 35.3 Å². The minimum atomic E-state index is -4.54. The lowest BCUT2D eigenvalue weighted by atomic mass is 10.1. The zero-order chi connectivity index (χ0) is 18.1. The highest BCUT2D eigenvalue weighted by molar-refractivity contribution is 7.85. The highest BCUT2D eigenvalue weighted by atomic mass is 35.5. The Morgan fingerprint density at radius 3 is 2.33 bits per heavy atom. The number of carbonyl (C=O) groups excluding carboxylic acids is 1. The van der Waals surface area contributed by atoms with Crippen molar-refractivity contribution in [1.29, 1.82) is 0 Å². The highest BCUT2D eigenvalue weighted by Gasteiger charge is 2.37. The van der Waals surface area contributed by atoms with Crippen molar-refractivity contribution >= 4 is 50.8 Å². The van der Waals surface area contributed by atoms with Crippen LogP contribution in [0.4, 0.5) is 11.4 Å². The van der Waals surface area contributed by atoms with Gasteiger partial charge in [0.25, 0.3) is 5.91 Å². The van der Waals surface area contributed by atoms with Gasteiger partial charge in [0.05, 0.1) is 24.8 Å². The molecule has 2 rings (SSSR count). The predicted molar refractivity (Wildman–Crippen MR) is 96.0 cm³/mol. The first-order chi connectivity index (χ1) is 11.0. The average molecular weight is 390 g/mol. The molecule has 0 spiro atoms. The van der Waals surface area contributed by atoms with E-state index in [-0.39, 0.29) is 16.3 Å². The summed E-state index contributed by atoms with van der Waals surface area (Å²) < 4.78 is 31.9. The quantitative estimate of drug-likeness (QED) is 0.617. The Bertz CT molecular complexity index is 898. The van der Waals surface area contributed by atoms with Crippen molar-refractivity contribution in [2.24, 2.45) is 0 Å². The zero-order valence-corrected chi connectivity index (χ0v) is 15.2. The van der Waals surface area contributed by atoms with Gasteiger partial charge >= 0.3 is 10.3 Å². The van der Waals surface area contributed by atoms with Crippen molar-refractivity contribution < 1.29 is 17.8 Å². The fourth-order valence-corrected chi connectivity index (χ4v) is 2.77. The van der Waals surface area contributed by atoms with Crippen molar-refractivity contribution in [2.45, 2.75) is 0 Å². The van der Waals surface area contributed by atoms with Crippen LogP contribution in [0.5, 0.6) is 0 Å². The number of rotatable bonds is 4. The molecule has 0 aliphatic heterocycles. The Kier molecular flexibility index (Phi) is 5.22. The molecule has 0 saturated carbocycles. The molecule has 9 heteroatoms. The van der Waals surface area contributed by atoms with E-state index in [1.807, 2.05) is 0 Å². The number of amides is 1. The summed E-state index contributed by atoms with van der Waals surface area (Å²) in [5.74, 6) is -0.579. The summed E-state index contributed by atoms with van der Waals surface area (Å²) in [5.41, 5.74) is 0.443. The van der Waals surface area contributed by atoms with Crippen molar-refractivity contribution in [3.63, 3.8) is 0 Å². The van der Waals surface area contributed by atoms with E-state index >= 15 is 0 Å². The van der Waals surface area contributed by atoms with Crippen molar-refractivity contribution in [3.05, 3.63) is 58.1 Å². The van der Waals surface area contributed by atoms with Gasteiger partial charge in [-0.2, -0.15) is 3.89 Å². The second kappa shape index (κ2) is 6.70. The maximum atomic E-state index is 12.6. The van der Waals surface area contributed by atoms with E-state index < -0.39 is 20.1 Å². The first-order valence-corrected chi connectivity index (χ1v) is 8.87. The normalized spacial score (nSPS) is 12.0. The van der Waals surface area contributed by atoms with Gasteiger partial charge in [0.2, 0.25) is 0 Å². The average Bonchev–Trinajstić information content (AvgIpc) is 2.48. The van der Waals surface area contributed by atoms with E-state index in [0.717, 1.165) is 0 Å². The fraction of sp³-hybridized carbons (Fsp3) is 0.133. The summed E-state index contributed by atoms with van der Waals surface area (Å²) in [4.78, 5) is 12.6. The SMILES string of the molecule is C[N+](C)(c1cc(Cl)ccc1C(=O)Nc1ccccc1Cl)S(=O)(=O)O. The Morgan fingerprint density at radius 1 is 1.12 bits per heavy atom. The van der Waals surface area contributed by atoms with Gasteiger partial charge in [0.15, 0.2) is 5.69 Å². The number of halogens is 2. The van der Waals surface area contributed by atoms with Crippen LogP contribution in [0.2, 0.25) is 10.0 Å². The lowest BCUT2D eigenvalue weighted by Crippen LogP contribution is -2.47.